The van der Waals surface area contributed by atoms with Crippen LogP contribution in [-0.4, -0.2) is 46.4 Å². The summed E-state index contributed by atoms with van der Waals surface area (Å²) in [4.78, 5) is 24.0. The minimum absolute atomic E-state index is 0.106. The van der Waals surface area contributed by atoms with E-state index in [-0.39, 0.29) is 22.9 Å². The summed E-state index contributed by atoms with van der Waals surface area (Å²) < 4.78 is 32.2. The van der Waals surface area contributed by atoms with Gasteiger partial charge < -0.3 is 14.1 Å². The second kappa shape index (κ2) is 8.60. The standard InChI is InChI=1S/C23H20N4O6S/c1-13-7-8-14(2)27(13)19-12-17(9-10-18(19)23(29)30)22-25-24-21(33-22)16-6-4-5-15(11-16)20(28)26-34(3,31)32/h4-12H,1-3H3,(H,26,28)(H,29,30). The monoisotopic (exact) mass is 480 g/mol. The van der Waals surface area contributed by atoms with Gasteiger partial charge >= 0.3 is 5.97 Å². The molecule has 0 spiro atoms. The Labute approximate surface area is 194 Å². The van der Waals surface area contributed by atoms with Crippen LogP contribution < -0.4 is 4.72 Å². The Kier molecular flexibility index (Phi) is 5.80. The van der Waals surface area contributed by atoms with E-state index in [0.717, 1.165) is 17.6 Å². The van der Waals surface area contributed by atoms with Gasteiger partial charge in [0.25, 0.3) is 5.91 Å². The number of amides is 1. The average Bonchev–Trinajstić information content (AvgIpc) is 3.39. The first kappa shape index (κ1) is 22.9. The van der Waals surface area contributed by atoms with E-state index in [1.165, 1.54) is 18.2 Å². The Morgan fingerprint density at radius 3 is 2.15 bits per heavy atom. The Hall–Kier alpha value is -4.25. The molecule has 2 aromatic heterocycles. The van der Waals surface area contributed by atoms with Crippen LogP contribution in [0.25, 0.3) is 28.6 Å². The maximum Gasteiger partial charge on any atom is 0.337 e. The largest absolute Gasteiger partial charge is 0.478 e. The minimum atomic E-state index is -3.71. The molecule has 174 valence electrons. The van der Waals surface area contributed by atoms with E-state index in [0.29, 0.717) is 16.8 Å². The van der Waals surface area contributed by atoms with Crippen molar-refractivity contribution in [2.24, 2.45) is 0 Å². The Balaban J connectivity index is 1.72. The highest BCUT2D eigenvalue weighted by Crippen LogP contribution is 2.29. The van der Waals surface area contributed by atoms with Crippen molar-refractivity contribution >= 4 is 21.9 Å². The van der Waals surface area contributed by atoms with Crippen molar-refractivity contribution < 1.29 is 27.5 Å². The van der Waals surface area contributed by atoms with E-state index < -0.39 is 21.9 Å². The molecule has 0 atom stereocenters. The summed E-state index contributed by atoms with van der Waals surface area (Å²) in [5.74, 6) is -1.58. The topological polar surface area (TPSA) is 144 Å². The first-order valence-electron chi connectivity index (χ1n) is 10.0. The van der Waals surface area contributed by atoms with Gasteiger partial charge in [0.1, 0.15) is 0 Å². The maximum absolute atomic E-state index is 12.2. The SMILES string of the molecule is Cc1ccc(C)n1-c1cc(-c2nnc(-c3cccc(C(=O)NS(C)(=O)=O)c3)o2)ccc1C(=O)O. The fraction of sp³-hybridized carbons (Fsp3) is 0.130. The molecule has 0 radical (unpaired) electrons. The summed E-state index contributed by atoms with van der Waals surface area (Å²) in [5.41, 5.74) is 3.35. The number of nitrogens with zero attached hydrogens (tertiary/aromatic N) is 3. The number of hydrogen-bond acceptors (Lipinski definition) is 7. The molecule has 34 heavy (non-hydrogen) atoms. The zero-order valence-corrected chi connectivity index (χ0v) is 19.3. The summed E-state index contributed by atoms with van der Waals surface area (Å²) >= 11 is 0. The molecule has 2 aromatic carbocycles. The zero-order chi connectivity index (χ0) is 24.6. The molecule has 2 N–H and O–H groups in total. The average molecular weight is 481 g/mol. The van der Waals surface area contributed by atoms with E-state index in [1.54, 1.807) is 24.3 Å². The molecule has 10 nitrogen and oxygen atoms in total. The fourth-order valence-corrected chi connectivity index (χ4v) is 4.01. The van der Waals surface area contributed by atoms with Gasteiger partial charge in [-0.25, -0.2) is 17.9 Å². The molecule has 2 heterocycles. The van der Waals surface area contributed by atoms with Gasteiger partial charge in [0, 0.05) is 28.1 Å². The summed E-state index contributed by atoms with van der Waals surface area (Å²) in [6.07, 6.45) is 0.889. The van der Waals surface area contributed by atoms with Gasteiger partial charge in [-0.1, -0.05) is 6.07 Å². The highest BCUT2D eigenvalue weighted by Gasteiger charge is 2.19. The van der Waals surface area contributed by atoms with Crippen molar-refractivity contribution in [2.45, 2.75) is 13.8 Å². The molecular formula is C23H20N4O6S. The number of carboxylic acid groups (broad SMARTS) is 1. The van der Waals surface area contributed by atoms with Gasteiger partial charge in [0.05, 0.1) is 17.5 Å². The van der Waals surface area contributed by atoms with Crippen molar-refractivity contribution in [3.05, 3.63) is 77.1 Å². The van der Waals surface area contributed by atoms with Crippen LogP contribution in [0.15, 0.2) is 59.0 Å². The number of aromatic nitrogens is 3. The number of benzene rings is 2. The number of sulfonamides is 1. The summed E-state index contributed by atoms with van der Waals surface area (Å²) in [6.45, 7) is 3.76. The number of hydrogen-bond donors (Lipinski definition) is 2. The lowest BCUT2D eigenvalue weighted by Gasteiger charge is -2.13. The van der Waals surface area contributed by atoms with Gasteiger partial charge in [-0.05, 0) is 62.4 Å². The highest BCUT2D eigenvalue weighted by molar-refractivity contribution is 7.89. The van der Waals surface area contributed by atoms with Gasteiger partial charge in [-0.3, -0.25) is 4.79 Å². The second-order valence-corrected chi connectivity index (χ2v) is 9.43. The van der Waals surface area contributed by atoms with Crippen LogP contribution in [0.5, 0.6) is 0 Å². The molecular weight excluding hydrogens is 460 g/mol. The minimum Gasteiger partial charge on any atom is -0.478 e. The number of carboxylic acids is 1. The molecule has 0 aliphatic heterocycles. The first-order chi connectivity index (χ1) is 16.0. The van der Waals surface area contributed by atoms with Crippen LogP contribution in [0, 0.1) is 13.8 Å². The van der Waals surface area contributed by atoms with E-state index in [9.17, 15) is 23.1 Å². The van der Waals surface area contributed by atoms with Crippen molar-refractivity contribution in [1.82, 2.24) is 19.5 Å². The lowest BCUT2D eigenvalue weighted by molar-refractivity contribution is 0.0696. The first-order valence-corrected chi connectivity index (χ1v) is 11.9. The van der Waals surface area contributed by atoms with Crippen molar-refractivity contribution in [3.8, 4) is 28.6 Å². The van der Waals surface area contributed by atoms with Crippen LogP contribution in [0.1, 0.15) is 32.1 Å². The smallest absolute Gasteiger partial charge is 0.337 e. The predicted molar refractivity (Wildman–Crippen MR) is 123 cm³/mol. The molecule has 1 amide bonds. The second-order valence-electron chi connectivity index (χ2n) is 7.69. The lowest BCUT2D eigenvalue weighted by Crippen LogP contribution is -2.29. The van der Waals surface area contributed by atoms with Gasteiger partial charge in [0.2, 0.25) is 21.8 Å². The van der Waals surface area contributed by atoms with Gasteiger partial charge in [-0.15, -0.1) is 10.2 Å². The Bertz CT molecular complexity index is 1520. The van der Waals surface area contributed by atoms with Gasteiger partial charge in [-0.2, -0.15) is 0 Å². The number of aryl methyl sites for hydroxylation is 2. The molecule has 0 saturated carbocycles. The molecule has 0 saturated heterocycles. The van der Waals surface area contributed by atoms with E-state index in [2.05, 4.69) is 10.2 Å². The fourth-order valence-electron chi connectivity index (χ4n) is 3.56. The third-order valence-corrected chi connectivity index (χ3v) is 5.62. The van der Waals surface area contributed by atoms with E-state index in [1.807, 2.05) is 35.3 Å². The third kappa shape index (κ3) is 4.59. The maximum atomic E-state index is 12.2. The molecule has 0 fully saturated rings. The van der Waals surface area contributed by atoms with Crippen molar-refractivity contribution in [3.63, 3.8) is 0 Å². The number of carbonyl (C=O) groups excluding carboxylic acids is 1. The summed E-state index contributed by atoms with van der Waals surface area (Å²) in [7, 11) is -3.71. The third-order valence-electron chi connectivity index (χ3n) is 5.06. The number of rotatable bonds is 6. The molecule has 0 bridgehead atoms. The van der Waals surface area contributed by atoms with Crippen molar-refractivity contribution in [1.29, 1.82) is 0 Å². The Morgan fingerprint density at radius 1 is 0.941 bits per heavy atom. The highest BCUT2D eigenvalue weighted by atomic mass is 32.2. The number of nitrogens with one attached hydrogen (secondary N) is 1. The summed E-state index contributed by atoms with van der Waals surface area (Å²) in [5, 5.41) is 17.8. The molecule has 4 aromatic rings. The van der Waals surface area contributed by atoms with Gasteiger partial charge in [0.15, 0.2) is 0 Å². The number of aromatic carboxylic acids is 1. The molecule has 0 aliphatic rings. The Morgan fingerprint density at radius 2 is 1.56 bits per heavy atom. The van der Waals surface area contributed by atoms with Crippen LogP contribution in [0.2, 0.25) is 0 Å². The summed E-state index contributed by atoms with van der Waals surface area (Å²) in [6, 6.07) is 14.6. The van der Waals surface area contributed by atoms with E-state index in [4.69, 9.17) is 4.42 Å². The van der Waals surface area contributed by atoms with Crippen LogP contribution in [-0.2, 0) is 10.0 Å². The van der Waals surface area contributed by atoms with Crippen LogP contribution in [0.3, 0.4) is 0 Å². The molecule has 11 heteroatoms. The molecule has 4 rings (SSSR count). The number of carbonyl (C=O) groups is 2. The van der Waals surface area contributed by atoms with Crippen LogP contribution in [0.4, 0.5) is 0 Å². The van der Waals surface area contributed by atoms with Crippen LogP contribution >= 0.6 is 0 Å². The van der Waals surface area contributed by atoms with Crippen molar-refractivity contribution in [2.75, 3.05) is 6.26 Å². The molecule has 0 aliphatic carbocycles. The lowest BCUT2D eigenvalue weighted by atomic mass is 10.1. The van der Waals surface area contributed by atoms with E-state index >= 15 is 0 Å². The predicted octanol–water partition coefficient (Wildman–Crippen LogP) is 3.20. The zero-order valence-electron chi connectivity index (χ0n) is 18.4. The normalized spacial score (nSPS) is 11.4. The quantitative estimate of drug-likeness (QED) is 0.428. The molecule has 0 unspecified atom stereocenters.